The minimum absolute atomic E-state index is 0.00786. The van der Waals surface area contributed by atoms with Crippen LogP contribution in [0.25, 0.3) is 0 Å². The van der Waals surface area contributed by atoms with Gasteiger partial charge in [0.25, 0.3) is 0 Å². The first-order chi connectivity index (χ1) is 14.1. The lowest BCUT2D eigenvalue weighted by molar-refractivity contribution is -0.140. The molecule has 1 N–H and O–H groups in total. The van der Waals surface area contributed by atoms with Crippen LogP contribution >= 0.6 is 46.4 Å². The number of amides is 2. The van der Waals surface area contributed by atoms with E-state index in [1.165, 1.54) is 4.90 Å². The van der Waals surface area contributed by atoms with E-state index >= 15 is 0 Å². The second kappa shape index (κ2) is 11.2. The van der Waals surface area contributed by atoms with Gasteiger partial charge in [0.2, 0.25) is 11.8 Å². The highest BCUT2D eigenvalue weighted by Crippen LogP contribution is 2.28. The summed E-state index contributed by atoms with van der Waals surface area (Å²) in [7, 11) is 0. The minimum Gasteiger partial charge on any atom is -0.352 e. The highest BCUT2D eigenvalue weighted by atomic mass is 35.5. The number of carbonyl (C=O) groups is 2. The topological polar surface area (TPSA) is 49.4 Å². The number of nitrogens with one attached hydrogen (secondary N) is 1. The van der Waals surface area contributed by atoms with Gasteiger partial charge in [0.15, 0.2) is 0 Å². The van der Waals surface area contributed by atoms with Gasteiger partial charge in [0, 0.05) is 38.2 Å². The Kier molecular flexibility index (Phi) is 9.30. The molecule has 0 fully saturated rings. The molecule has 0 spiro atoms. The highest BCUT2D eigenvalue weighted by molar-refractivity contribution is 6.36. The number of hydrogen-bond donors (Lipinski definition) is 1. The van der Waals surface area contributed by atoms with E-state index in [0.29, 0.717) is 31.2 Å². The normalized spacial score (nSPS) is 12.9. The van der Waals surface area contributed by atoms with Gasteiger partial charge in [-0.15, -0.1) is 0 Å². The van der Waals surface area contributed by atoms with Gasteiger partial charge in [-0.05, 0) is 50.1 Å². The molecule has 0 aromatic heterocycles. The van der Waals surface area contributed by atoms with Crippen molar-refractivity contribution in [2.24, 2.45) is 0 Å². The number of rotatable bonds is 8. The quantitative estimate of drug-likeness (QED) is 0.481. The Bertz CT molecular complexity index is 900. The van der Waals surface area contributed by atoms with Crippen LogP contribution < -0.4 is 5.32 Å². The Hall–Kier alpha value is -1.46. The molecule has 0 aliphatic rings. The van der Waals surface area contributed by atoms with Crippen molar-refractivity contribution in [2.75, 3.05) is 0 Å². The fourth-order valence-electron chi connectivity index (χ4n) is 2.83. The first-order valence-corrected chi connectivity index (χ1v) is 11.1. The van der Waals surface area contributed by atoms with Gasteiger partial charge in [-0.25, -0.2) is 0 Å². The molecule has 8 heteroatoms. The summed E-state index contributed by atoms with van der Waals surface area (Å²) in [5.74, 6) is -0.523. The van der Waals surface area contributed by atoms with Crippen LogP contribution in [0.4, 0.5) is 0 Å². The standard InChI is InChI=1S/C22H24Cl4N2O2/c1-4-13(2)27-22(30)14(3)28(12-17-18(24)6-5-7-19(17)25)21(29)10-15-8-9-16(23)11-20(15)26/h5-9,11,13-14H,4,10,12H2,1-3H3,(H,27,30)/t13-,14+/m0/s1. The maximum atomic E-state index is 13.2. The van der Waals surface area contributed by atoms with Gasteiger partial charge in [-0.1, -0.05) is 65.5 Å². The summed E-state index contributed by atoms with van der Waals surface area (Å²) in [6.07, 6.45) is 0.794. The smallest absolute Gasteiger partial charge is 0.242 e. The first kappa shape index (κ1) is 24.8. The molecule has 0 bridgehead atoms. The molecule has 0 aliphatic heterocycles. The van der Waals surface area contributed by atoms with E-state index in [1.54, 1.807) is 43.3 Å². The van der Waals surface area contributed by atoms with Crippen LogP contribution in [0.15, 0.2) is 36.4 Å². The zero-order valence-corrected chi connectivity index (χ0v) is 20.0. The summed E-state index contributed by atoms with van der Waals surface area (Å²) in [6, 6.07) is 9.35. The fraction of sp³-hybridized carbons (Fsp3) is 0.364. The lowest BCUT2D eigenvalue weighted by Gasteiger charge is -2.30. The third-order valence-electron chi connectivity index (χ3n) is 4.92. The van der Waals surface area contributed by atoms with Gasteiger partial charge in [0.1, 0.15) is 6.04 Å². The van der Waals surface area contributed by atoms with Crippen LogP contribution in [0.5, 0.6) is 0 Å². The van der Waals surface area contributed by atoms with Crippen molar-refractivity contribution in [3.63, 3.8) is 0 Å². The molecule has 2 aromatic carbocycles. The molecule has 2 rings (SSSR count). The molecule has 30 heavy (non-hydrogen) atoms. The van der Waals surface area contributed by atoms with Crippen molar-refractivity contribution in [1.82, 2.24) is 10.2 Å². The van der Waals surface area contributed by atoms with Crippen molar-refractivity contribution < 1.29 is 9.59 Å². The molecule has 2 aromatic rings. The molecule has 0 saturated carbocycles. The van der Waals surface area contributed by atoms with E-state index < -0.39 is 6.04 Å². The highest BCUT2D eigenvalue weighted by Gasteiger charge is 2.28. The number of halogens is 4. The van der Waals surface area contributed by atoms with E-state index in [4.69, 9.17) is 46.4 Å². The SMILES string of the molecule is CC[C@H](C)NC(=O)[C@@H](C)N(Cc1c(Cl)cccc1Cl)C(=O)Cc1ccc(Cl)cc1Cl. The summed E-state index contributed by atoms with van der Waals surface area (Å²) in [5, 5.41) is 4.66. The summed E-state index contributed by atoms with van der Waals surface area (Å²) >= 11 is 24.8. The average Bonchev–Trinajstić information content (AvgIpc) is 2.69. The lowest BCUT2D eigenvalue weighted by Crippen LogP contribution is -2.50. The first-order valence-electron chi connectivity index (χ1n) is 9.60. The fourth-order valence-corrected chi connectivity index (χ4v) is 3.82. The number of hydrogen-bond acceptors (Lipinski definition) is 2. The van der Waals surface area contributed by atoms with E-state index in [-0.39, 0.29) is 30.8 Å². The maximum Gasteiger partial charge on any atom is 0.242 e. The van der Waals surface area contributed by atoms with Crippen LogP contribution in [-0.2, 0) is 22.6 Å². The van der Waals surface area contributed by atoms with Crippen LogP contribution in [0.1, 0.15) is 38.3 Å². The molecular formula is C22H24Cl4N2O2. The van der Waals surface area contributed by atoms with Gasteiger partial charge in [-0.2, -0.15) is 0 Å². The summed E-state index contributed by atoms with van der Waals surface area (Å²) < 4.78 is 0. The third-order valence-corrected chi connectivity index (χ3v) is 6.21. The van der Waals surface area contributed by atoms with E-state index in [1.807, 2.05) is 13.8 Å². The van der Waals surface area contributed by atoms with Crippen molar-refractivity contribution in [3.05, 3.63) is 67.6 Å². The zero-order valence-electron chi connectivity index (χ0n) is 17.0. The largest absolute Gasteiger partial charge is 0.352 e. The number of carbonyl (C=O) groups excluding carboxylic acids is 2. The molecule has 0 heterocycles. The molecule has 4 nitrogen and oxygen atoms in total. The molecular weight excluding hydrogens is 466 g/mol. The Labute approximate surface area is 197 Å². The third kappa shape index (κ3) is 6.52. The number of nitrogens with zero attached hydrogens (tertiary/aromatic N) is 1. The molecule has 2 atom stereocenters. The van der Waals surface area contributed by atoms with Gasteiger partial charge >= 0.3 is 0 Å². The summed E-state index contributed by atoms with van der Waals surface area (Å²) in [5.41, 5.74) is 1.20. The monoisotopic (exact) mass is 488 g/mol. The van der Waals surface area contributed by atoms with E-state index in [2.05, 4.69) is 5.32 Å². The summed E-state index contributed by atoms with van der Waals surface area (Å²) in [4.78, 5) is 27.5. The second-order valence-corrected chi connectivity index (χ2v) is 8.79. The summed E-state index contributed by atoms with van der Waals surface area (Å²) in [6.45, 7) is 5.67. The van der Waals surface area contributed by atoms with E-state index in [0.717, 1.165) is 6.42 Å². The van der Waals surface area contributed by atoms with Crippen molar-refractivity contribution >= 4 is 58.2 Å². The Morgan fingerprint density at radius 1 is 1.00 bits per heavy atom. The van der Waals surface area contributed by atoms with Crippen molar-refractivity contribution in [2.45, 2.75) is 52.2 Å². The number of benzene rings is 2. The van der Waals surface area contributed by atoms with Crippen LogP contribution in [-0.4, -0.2) is 28.8 Å². The van der Waals surface area contributed by atoms with Gasteiger partial charge in [-0.3, -0.25) is 9.59 Å². The molecule has 0 radical (unpaired) electrons. The molecule has 0 saturated heterocycles. The Balaban J connectivity index is 2.34. The molecule has 2 amide bonds. The molecule has 162 valence electrons. The van der Waals surface area contributed by atoms with Gasteiger partial charge < -0.3 is 10.2 Å². The van der Waals surface area contributed by atoms with Crippen LogP contribution in [0, 0.1) is 0 Å². The predicted molar refractivity (Wildman–Crippen MR) is 125 cm³/mol. The maximum absolute atomic E-state index is 13.2. The van der Waals surface area contributed by atoms with Crippen LogP contribution in [0.3, 0.4) is 0 Å². The second-order valence-electron chi connectivity index (χ2n) is 7.13. The Morgan fingerprint density at radius 3 is 2.20 bits per heavy atom. The lowest BCUT2D eigenvalue weighted by atomic mass is 10.1. The minimum atomic E-state index is -0.732. The molecule has 0 unspecified atom stereocenters. The van der Waals surface area contributed by atoms with E-state index in [9.17, 15) is 9.59 Å². The predicted octanol–water partition coefficient (Wildman–Crippen LogP) is 6.17. The Morgan fingerprint density at radius 2 is 1.63 bits per heavy atom. The van der Waals surface area contributed by atoms with Crippen molar-refractivity contribution in [3.8, 4) is 0 Å². The molecule has 0 aliphatic carbocycles. The van der Waals surface area contributed by atoms with Crippen molar-refractivity contribution in [1.29, 1.82) is 0 Å². The van der Waals surface area contributed by atoms with Crippen LogP contribution in [0.2, 0.25) is 20.1 Å². The van der Waals surface area contributed by atoms with Gasteiger partial charge in [0.05, 0.1) is 6.42 Å². The zero-order chi connectivity index (χ0) is 22.4. The average molecular weight is 490 g/mol.